The zero-order chi connectivity index (χ0) is 26.3. The lowest BCUT2D eigenvalue weighted by Gasteiger charge is -2.39. The maximum Gasteiger partial charge on any atom is 0.275 e. The Labute approximate surface area is 221 Å². The monoisotopic (exact) mass is 534 g/mol. The first-order valence-electron chi connectivity index (χ1n) is 11.9. The van der Waals surface area contributed by atoms with Crippen LogP contribution >= 0.6 is 11.8 Å². The van der Waals surface area contributed by atoms with Crippen LogP contribution in [0.1, 0.15) is 40.2 Å². The summed E-state index contributed by atoms with van der Waals surface area (Å²) in [5.74, 6) is 0.262. The number of benzene rings is 1. The lowest BCUT2D eigenvalue weighted by atomic mass is 9.78. The van der Waals surface area contributed by atoms with Crippen LogP contribution in [-0.2, 0) is 10.3 Å². The molecule has 0 fully saturated rings. The highest BCUT2D eigenvalue weighted by molar-refractivity contribution is 8.13. The molecule has 3 aliphatic rings. The smallest absolute Gasteiger partial charge is 0.275 e. The van der Waals surface area contributed by atoms with Gasteiger partial charge in [-0.15, -0.1) is 0 Å². The number of amidine groups is 1. The number of carbonyl (C=O) groups excluding carboxylic acids is 1. The standard InChI is InChI=1S/C26H23FN6O4S/c1-35-21-13-29-19(12-30-21)24(34)31-15-2-3-20-16(10-15)26(6-9-38-25(28)33-26)17-11-18(14-4-7-36-8-5-14)32-23(27)22(17)37-20/h2-4,10-13H,5-9H2,1H3,(H2,28,33)(H,31,34). The zero-order valence-electron chi connectivity index (χ0n) is 20.4. The van der Waals surface area contributed by atoms with Gasteiger partial charge >= 0.3 is 0 Å². The molecule has 1 aromatic carbocycles. The van der Waals surface area contributed by atoms with Crippen LogP contribution in [0.4, 0.5) is 10.1 Å². The van der Waals surface area contributed by atoms with Gasteiger partial charge in [-0.1, -0.05) is 17.8 Å². The number of aromatic nitrogens is 3. The van der Waals surface area contributed by atoms with Crippen molar-refractivity contribution in [3.8, 4) is 17.4 Å². The van der Waals surface area contributed by atoms with Gasteiger partial charge in [0.15, 0.2) is 10.9 Å². The maximum atomic E-state index is 15.5. The molecular formula is C26H23FN6O4S. The van der Waals surface area contributed by atoms with Crippen molar-refractivity contribution in [2.75, 3.05) is 31.4 Å². The normalized spacial score (nSPS) is 19.9. The van der Waals surface area contributed by atoms with Gasteiger partial charge in [-0.25, -0.2) is 19.9 Å². The van der Waals surface area contributed by atoms with Crippen LogP contribution in [0, 0.1) is 5.95 Å². The average Bonchev–Trinajstić information content (AvgIpc) is 2.94. The van der Waals surface area contributed by atoms with E-state index in [1.54, 1.807) is 18.2 Å². The quantitative estimate of drug-likeness (QED) is 0.478. The minimum atomic E-state index is -1.01. The Morgan fingerprint density at radius 3 is 2.87 bits per heavy atom. The number of nitrogens with zero attached hydrogens (tertiary/aromatic N) is 4. The van der Waals surface area contributed by atoms with Crippen LogP contribution in [0.3, 0.4) is 0 Å². The Kier molecular flexibility index (Phi) is 6.20. The number of fused-ring (bicyclic) bond motifs is 4. The number of halogens is 1. The van der Waals surface area contributed by atoms with Gasteiger partial charge in [-0.3, -0.25) is 4.79 Å². The molecule has 38 heavy (non-hydrogen) atoms. The molecule has 10 nitrogen and oxygen atoms in total. The van der Waals surface area contributed by atoms with Crippen molar-refractivity contribution in [3.63, 3.8) is 0 Å². The number of carbonyl (C=O) groups is 1. The number of amides is 1. The summed E-state index contributed by atoms with van der Waals surface area (Å²) < 4.78 is 31.9. The van der Waals surface area contributed by atoms with Crippen molar-refractivity contribution >= 4 is 34.1 Å². The van der Waals surface area contributed by atoms with E-state index in [1.807, 2.05) is 12.1 Å². The summed E-state index contributed by atoms with van der Waals surface area (Å²) in [5.41, 5.74) is 8.48. The van der Waals surface area contributed by atoms with E-state index in [2.05, 4.69) is 20.3 Å². The molecule has 0 bridgehead atoms. The number of hydrogen-bond donors (Lipinski definition) is 2. The molecule has 6 rings (SSSR count). The fourth-order valence-corrected chi connectivity index (χ4v) is 5.64. The lowest BCUT2D eigenvalue weighted by molar-refractivity contribution is 0.102. The highest BCUT2D eigenvalue weighted by atomic mass is 32.2. The summed E-state index contributed by atoms with van der Waals surface area (Å²) in [7, 11) is 1.47. The molecule has 0 saturated heterocycles. The predicted octanol–water partition coefficient (Wildman–Crippen LogP) is 3.88. The highest BCUT2D eigenvalue weighted by Crippen LogP contribution is 2.54. The third-order valence-corrected chi connectivity index (χ3v) is 7.44. The molecule has 1 spiro atoms. The molecular weight excluding hydrogens is 511 g/mol. The third-order valence-electron chi connectivity index (χ3n) is 6.65. The first kappa shape index (κ1) is 24.3. The summed E-state index contributed by atoms with van der Waals surface area (Å²) in [5, 5.41) is 3.24. The van der Waals surface area contributed by atoms with Crippen molar-refractivity contribution in [1.82, 2.24) is 15.0 Å². The number of rotatable bonds is 4. The first-order valence-corrected chi connectivity index (χ1v) is 12.9. The molecule has 5 heterocycles. The van der Waals surface area contributed by atoms with E-state index in [0.29, 0.717) is 71.1 Å². The Bertz CT molecular complexity index is 1500. The molecule has 0 saturated carbocycles. The largest absolute Gasteiger partial charge is 0.480 e. The third kappa shape index (κ3) is 4.25. The zero-order valence-corrected chi connectivity index (χ0v) is 21.2. The number of nitrogens with two attached hydrogens (primary N) is 1. The Hall–Kier alpha value is -4.03. The summed E-state index contributed by atoms with van der Waals surface area (Å²) in [6.45, 7) is 0.990. The van der Waals surface area contributed by atoms with Crippen LogP contribution in [0.25, 0.3) is 5.57 Å². The van der Waals surface area contributed by atoms with Crippen LogP contribution < -0.4 is 20.5 Å². The molecule has 1 unspecified atom stereocenters. The highest BCUT2D eigenvalue weighted by Gasteiger charge is 2.46. The van der Waals surface area contributed by atoms with Gasteiger partial charge in [0.05, 0.1) is 38.4 Å². The van der Waals surface area contributed by atoms with Gasteiger partial charge in [0, 0.05) is 22.6 Å². The minimum Gasteiger partial charge on any atom is -0.480 e. The number of anilines is 1. The van der Waals surface area contributed by atoms with Crippen LogP contribution in [0.15, 0.2) is 47.7 Å². The molecule has 12 heteroatoms. The van der Waals surface area contributed by atoms with Gasteiger partial charge in [0.1, 0.15) is 17.0 Å². The van der Waals surface area contributed by atoms with E-state index in [-0.39, 0.29) is 11.4 Å². The lowest BCUT2D eigenvalue weighted by Crippen LogP contribution is -2.36. The van der Waals surface area contributed by atoms with Crippen molar-refractivity contribution in [2.24, 2.45) is 10.7 Å². The van der Waals surface area contributed by atoms with Gasteiger partial charge < -0.3 is 25.3 Å². The fourth-order valence-electron chi connectivity index (χ4n) is 4.81. The molecule has 0 radical (unpaired) electrons. The SMILES string of the molecule is COc1cnc(C(=O)Nc2ccc3c(c2)C2(CCSC(N)=N2)c2cc(C4=CCOCC4)nc(F)c2O3)cn1. The molecule has 2 aromatic heterocycles. The van der Waals surface area contributed by atoms with E-state index < -0.39 is 17.4 Å². The topological polar surface area (TPSA) is 134 Å². The second kappa shape index (κ2) is 9.69. The maximum absolute atomic E-state index is 15.5. The molecule has 3 N–H and O–H groups in total. The number of thioether (sulfide) groups is 1. The molecule has 1 atom stereocenters. The summed E-state index contributed by atoms with van der Waals surface area (Å²) in [4.78, 5) is 30.1. The number of pyridine rings is 1. The van der Waals surface area contributed by atoms with E-state index in [9.17, 15) is 4.79 Å². The van der Waals surface area contributed by atoms with Gasteiger partial charge in [-0.2, -0.15) is 4.39 Å². The number of methoxy groups -OCH3 is 1. The molecule has 1 amide bonds. The summed E-state index contributed by atoms with van der Waals surface area (Å²) >= 11 is 1.44. The molecule has 3 aliphatic heterocycles. The van der Waals surface area contributed by atoms with Crippen molar-refractivity contribution in [3.05, 3.63) is 71.2 Å². The van der Waals surface area contributed by atoms with Crippen molar-refractivity contribution in [2.45, 2.75) is 18.4 Å². The summed E-state index contributed by atoms with van der Waals surface area (Å²) in [6, 6.07) is 6.97. The summed E-state index contributed by atoms with van der Waals surface area (Å²) in [6.07, 6.45) is 5.79. The second-order valence-corrected chi connectivity index (χ2v) is 9.96. The first-order chi connectivity index (χ1) is 18.5. The Morgan fingerprint density at radius 1 is 1.24 bits per heavy atom. The fraction of sp³-hybridized carbons (Fsp3) is 0.269. The van der Waals surface area contributed by atoms with E-state index in [4.69, 9.17) is 24.9 Å². The molecule has 194 valence electrons. The minimum absolute atomic E-state index is 0.0302. The van der Waals surface area contributed by atoms with Crippen molar-refractivity contribution < 1.29 is 23.4 Å². The van der Waals surface area contributed by atoms with Crippen molar-refractivity contribution in [1.29, 1.82) is 0 Å². The van der Waals surface area contributed by atoms with Crippen LogP contribution in [-0.4, -0.2) is 52.1 Å². The Morgan fingerprint density at radius 2 is 2.13 bits per heavy atom. The van der Waals surface area contributed by atoms with E-state index >= 15 is 4.39 Å². The Balaban J connectivity index is 1.43. The predicted molar refractivity (Wildman–Crippen MR) is 140 cm³/mol. The van der Waals surface area contributed by atoms with Gasteiger partial charge in [0.25, 0.3) is 11.9 Å². The number of aliphatic imine (C=N–C) groups is 1. The second-order valence-electron chi connectivity index (χ2n) is 8.85. The number of ether oxygens (including phenoxy) is 3. The average molecular weight is 535 g/mol. The number of hydrogen-bond acceptors (Lipinski definition) is 10. The van der Waals surface area contributed by atoms with Crippen LogP contribution in [0.2, 0.25) is 0 Å². The molecule has 3 aromatic rings. The van der Waals surface area contributed by atoms with Crippen LogP contribution in [0.5, 0.6) is 17.4 Å². The number of nitrogens with one attached hydrogen (secondary N) is 1. The van der Waals surface area contributed by atoms with Gasteiger partial charge in [-0.05, 0) is 42.7 Å². The van der Waals surface area contributed by atoms with E-state index in [0.717, 1.165) is 5.57 Å². The molecule has 0 aliphatic carbocycles. The van der Waals surface area contributed by atoms with Gasteiger partial charge in [0.2, 0.25) is 5.88 Å². The van der Waals surface area contributed by atoms with E-state index in [1.165, 1.54) is 31.3 Å².